The first-order valence-corrected chi connectivity index (χ1v) is 8.60. The van der Waals surface area contributed by atoms with Crippen molar-refractivity contribution in [2.75, 3.05) is 0 Å². The van der Waals surface area contributed by atoms with E-state index in [1.54, 1.807) is 18.8 Å². The molecule has 0 saturated carbocycles. The van der Waals surface area contributed by atoms with Gasteiger partial charge in [-0.15, -0.1) is 11.8 Å². The molecule has 0 saturated heterocycles. The fourth-order valence-corrected chi connectivity index (χ4v) is 3.11. The lowest BCUT2D eigenvalue weighted by molar-refractivity contribution is 0.539. The van der Waals surface area contributed by atoms with Gasteiger partial charge < -0.3 is 0 Å². The zero-order valence-corrected chi connectivity index (χ0v) is 15.6. The minimum Gasteiger partial charge on any atom is -0.280 e. The van der Waals surface area contributed by atoms with Gasteiger partial charge in [-0.05, 0) is 6.42 Å². The molecule has 23 heavy (non-hydrogen) atoms. The lowest BCUT2D eigenvalue weighted by Gasteiger charge is -2.20. The Hall–Kier alpha value is -1.63. The summed E-state index contributed by atoms with van der Waals surface area (Å²) in [6, 6.07) is 0. The lowest BCUT2D eigenvalue weighted by atomic mass is 9.96. The van der Waals surface area contributed by atoms with Crippen molar-refractivity contribution in [2.45, 2.75) is 56.7 Å². The van der Waals surface area contributed by atoms with Crippen molar-refractivity contribution >= 4 is 22.8 Å². The van der Waals surface area contributed by atoms with Crippen LogP contribution >= 0.6 is 11.8 Å². The summed E-state index contributed by atoms with van der Waals surface area (Å²) >= 11 is 1.56. The van der Waals surface area contributed by atoms with Crippen molar-refractivity contribution in [2.24, 2.45) is 14.1 Å². The maximum Gasteiger partial charge on any atom is 0.332 e. The molecule has 1 unspecified atom stereocenters. The molecule has 2 aromatic heterocycles. The Labute approximate surface area is 140 Å². The number of hydrogen-bond donors (Lipinski definition) is 0. The molecular weight excluding hydrogens is 312 g/mol. The van der Waals surface area contributed by atoms with Crippen molar-refractivity contribution in [3.63, 3.8) is 0 Å². The quantitative estimate of drug-likeness (QED) is 0.635. The number of nitrogens with zero attached hydrogens (tertiary/aromatic N) is 4. The molecule has 1 atom stereocenters. The zero-order valence-electron chi connectivity index (χ0n) is 14.8. The molecule has 2 aromatic rings. The van der Waals surface area contributed by atoms with E-state index in [1.165, 1.54) is 11.6 Å². The summed E-state index contributed by atoms with van der Waals surface area (Å²) in [7, 11) is 3.13. The molecule has 0 bridgehead atoms. The first-order chi connectivity index (χ1) is 10.6. The van der Waals surface area contributed by atoms with Gasteiger partial charge in [-0.25, -0.2) is 14.8 Å². The molecule has 0 fully saturated rings. The lowest BCUT2D eigenvalue weighted by Crippen LogP contribution is -2.38. The fourth-order valence-electron chi connectivity index (χ4n) is 2.12. The van der Waals surface area contributed by atoms with Gasteiger partial charge in [0, 0.05) is 24.8 Å². The van der Waals surface area contributed by atoms with Crippen LogP contribution in [0.15, 0.2) is 14.6 Å². The van der Waals surface area contributed by atoms with Crippen LogP contribution in [0, 0.1) is 0 Å². The predicted octanol–water partition coefficient (Wildman–Crippen LogP) is 2.22. The Morgan fingerprint density at radius 1 is 1.13 bits per heavy atom. The van der Waals surface area contributed by atoms with Gasteiger partial charge in [-0.3, -0.25) is 13.9 Å². The van der Waals surface area contributed by atoms with Crippen LogP contribution in [0.5, 0.6) is 0 Å². The molecule has 7 heteroatoms. The van der Waals surface area contributed by atoms with Crippen LogP contribution in [-0.2, 0) is 19.5 Å². The van der Waals surface area contributed by atoms with Crippen LogP contribution < -0.4 is 11.2 Å². The zero-order chi connectivity index (χ0) is 17.5. The highest BCUT2D eigenvalue weighted by molar-refractivity contribution is 8.00. The molecule has 0 aliphatic heterocycles. The third-order valence-corrected chi connectivity index (χ3v) is 5.08. The summed E-state index contributed by atoms with van der Waals surface area (Å²) in [5, 5.41) is 1.40. The molecule has 0 spiro atoms. The SMILES string of the molecule is CCC(C)Sc1nc(C(C)(C)C)nc2c1c(=O)n(C)c(=O)n2C. The van der Waals surface area contributed by atoms with Gasteiger partial charge in [0.1, 0.15) is 16.2 Å². The molecular formula is C16H24N4O2S. The van der Waals surface area contributed by atoms with Crippen LogP contribution in [0.4, 0.5) is 0 Å². The second kappa shape index (κ2) is 6.11. The Kier molecular flexibility index (Phi) is 4.71. The summed E-state index contributed by atoms with van der Waals surface area (Å²) in [6.07, 6.45) is 0.965. The van der Waals surface area contributed by atoms with Gasteiger partial charge >= 0.3 is 5.69 Å². The number of hydrogen-bond acceptors (Lipinski definition) is 5. The number of aryl methyl sites for hydroxylation is 1. The van der Waals surface area contributed by atoms with Crippen molar-refractivity contribution < 1.29 is 0 Å². The van der Waals surface area contributed by atoms with E-state index < -0.39 is 0 Å². The molecule has 0 aliphatic carbocycles. The van der Waals surface area contributed by atoms with Crippen molar-refractivity contribution in [1.82, 2.24) is 19.1 Å². The summed E-state index contributed by atoms with van der Waals surface area (Å²) in [4.78, 5) is 34.0. The van der Waals surface area contributed by atoms with Crippen LogP contribution in [0.25, 0.3) is 11.0 Å². The first-order valence-electron chi connectivity index (χ1n) is 7.72. The van der Waals surface area contributed by atoms with E-state index in [0.29, 0.717) is 27.1 Å². The Morgan fingerprint density at radius 2 is 1.74 bits per heavy atom. The second-order valence-corrected chi connectivity index (χ2v) is 8.27. The highest BCUT2D eigenvalue weighted by Crippen LogP contribution is 2.30. The maximum absolute atomic E-state index is 12.6. The second-order valence-electron chi connectivity index (χ2n) is 6.84. The molecule has 126 valence electrons. The molecule has 0 radical (unpaired) electrons. The molecule has 0 amide bonds. The highest BCUT2D eigenvalue weighted by Gasteiger charge is 2.24. The van der Waals surface area contributed by atoms with Gasteiger partial charge in [0.15, 0.2) is 5.65 Å². The fraction of sp³-hybridized carbons (Fsp3) is 0.625. The third-order valence-electron chi connectivity index (χ3n) is 3.83. The topological polar surface area (TPSA) is 69.8 Å². The number of aromatic nitrogens is 4. The third kappa shape index (κ3) is 3.20. The minimum atomic E-state index is -0.374. The molecule has 2 rings (SSSR count). The molecule has 0 aromatic carbocycles. The number of fused-ring (bicyclic) bond motifs is 1. The van der Waals surface area contributed by atoms with Gasteiger partial charge in [-0.2, -0.15) is 0 Å². The minimum absolute atomic E-state index is 0.268. The smallest absolute Gasteiger partial charge is 0.280 e. The van der Waals surface area contributed by atoms with E-state index in [0.717, 1.165) is 11.0 Å². The predicted molar refractivity (Wildman–Crippen MR) is 94.3 cm³/mol. The van der Waals surface area contributed by atoms with E-state index in [1.807, 2.05) is 20.8 Å². The highest BCUT2D eigenvalue weighted by atomic mass is 32.2. The van der Waals surface area contributed by atoms with E-state index in [-0.39, 0.29) is 16.7 Å². The Morgan fingerprint density at radius 3 is 2.26 bits per heavy atom. The van der Waals surface area contributed by atoms with Crippen molar-refractivity contribution in [3.05, 3.63) is 26.7 Å². The number of rotatable bonds is 3. The van der Waals surface area contributed by atoms with Crippen LogP contribution in [-0.4, -0.2) is 24.4 Å². The van der Waals surface area contributed by atoms with Crippen LogP contribution in [0.3, 0.4) is 0 Å². The molecule has 0 N–H and O–H groups in total. The monoisotopic (exact) mass is 336 g/mol. The number of thioether (sulfide) groups is 1. The van der Waals surface area contributed by atoms with E-state index in [2.05, 4.69) is 23.8 Å². The van der Waals surface area contributed by atoms with E-state index >= 15 is 0 Å². The van der Waals surface area contributed by atoms with Gasteiger partial charge in [0.25, 0.3) is 5.56 Å². The van der Waals surface area contributed by atoms with Crippen molar-refractivity contribution in [3.8, 4) is 0 Å². The average Bonchev–Trinajstić information content (AvgIpc) is 2.49. The summed E-state index contributed by atoms with van der Waals surface area (Å²) < 4.78 is 2.54. The first kappa shape index (κ1) is 17.7. The van der Waals surface area contributed by atoms with Crippen molar-refractivity contribution in [1.29, 1.82) is 0 Å². The van der Waals surface area contributed by atoms with Crippen LogP contribution in [0.1, 0.15) is 46.9 Å². The molecule has 0 aliphatic rings. The summed E-state index contributed by atoms with van der Waals surface area (Å²) in [5.41, 5.74) is -0.575. The Bertz CT molecular complexity index is 861. The van der Waals surface area contributed by atoms with E-state index in [9.17, 15) is 9.59 Å². The van der Waals surface area contributed by atoms with Gasteiger partial charge in [-0.1, -0.05) is 34.6 Å². The standard InChI is InChI=1S/C16H24N4O2S/c1-8-9(2)23-12-10-11(17-14(18-12)16(3,4)5)19(6)15(22)20(7)13(10)21/h9H,8H2,1-7H3. The maximum atomic E-state index is 12.6. The molecule has 6 nitrogen and oxygen atoms in total. The van der Waals surface area contributed by atoms with Crippen LogP contribution in [0.2, 0.25) is 0 Å². The molecule has 2 heterocycles. The van der Waals surface area contributed by atoms with E-state index in [4.69, 9.17) is 0 Å². The Balaban J connectivity index is 2.95. The average molecular weight is 336 g/mol. The normalized spacial score (nSPS) is 13.5. The summed E-state index contributed by atoms with van der Waals surface area (Å²) in [5.74, 6) is 0.638. The van der Waals surface area contributed by atoms with Gasteiger partial charge in [0.05, 0.1) is 0 Å². The summed E-state index contributed by atoms with van der Waals surface area (Å²) in [6.45, 7) is 10.3. The largest absolute Gasteiger partial charge is 0.332 e. The van der Waals surface area contributed by atoms with Gasteiger partial charge in [0.2, 0.25) is 0 Å².